The largest absolute Gasteiger partial charge is 0.481 e. The van der Waals surface area contributed by atoms with Crippen LogP contribution in [0.2, 0.25) is 0 Å². The fourth-order valence-electron chi connectivity index (χ4n) is 2.22. The third-order valence-corrected chi connectivity index (χ3v) is 3.61. The minimum absolute atomic E-state index is 0.125. The van der Waals surface area contributed by atoms with Gasteiger partial charge in [0.2, 0.25) is 0 Å². The molecular weight excluding hydrogens is 260 g/mol. The molecular formula is C14H26N2O4. The van der Waals surface area contributed by atoms with Gasteiger partial charge in [0.05, 0.1) is 0 Å². The maximum Gasteiger partial charge on any atom is 0.315 e. The number of unbranched alkanes of at least 4 members (excludes halogenated alkanes) is 3. The van der Waals surface area contributed by atoms with Gasteiger partial charge >= 0.3 is 12.0 Å². The van der Waals surface area contributed by atoms with Gasteiger partial charge in [-0.1, -0.05) is 12.8 Å². The molecule has 0 atom stereocenters. The van der Waals surface area contributed by atoms with Gasteiger partial charge in [0.1, 0.15) is 0 Å². The van der Waals surface area contributed by atoms with E-state index in [2.05, 4.69) is 10.6 Å². The van der Waals surface area contributed by atoms with E-state index in [4.69, 9.17) is 9.84 Å². The minimum atomic E-state index is -0.743. The second-order valence-corrected chi connectivity index (χ2v) is 5.61. The zero-order chi connectivity index (χ0) is 14.8. The van der Waals surface area contributed by atoms with E-state index in [-0.39, 0.29) is 18.0 Å². The van der Waals surface area contributed by atoms with Crippen LogP contribution >= 0.6 is 0 Å². The standard InChI is InChI=1S/C14H26N2O4/c1-14(7-10-20-11-8-14)16-13(19)15-9-5-3-2-4-6-12(17)18/h2-11H2,1H3,(H,17,18)(H2,15,16,19). The number of carboxylic acids is 1. The quantitative estimate of drug-likeness (QED) is 0.595. The summed E-state index contributed by atoms with van der Waals surface area (Å²) < 4.78 is 5.29. The van der Waals surface area contributed by atoms with E-state index in [0.29, 0.717) is 26.2 Å². The number of amides is 2. The van der Waals surface area contributed by atoms with E-state index in [0.717, 1.165) is 32.1 Å². The van der Waals surface area contributed by atoms with Crippen LogP contribution in [0.15, 0.2) is 0 Å². The molecule has 1 aliphatic rings. The third-order valence-electron chi connectivity index (χ3n) is 3.61. The average molecular weight is 286 g/mol. The van der Waals surface area contributed by atoms with Crippen molar-refractivity contribution in [2.24, 2.45) is 0 Å². The summed E-state index contributed by atoms with van der Waals surface area (Å²) in [6.07, 6.45) is 5.34. The summed E-state index contributed by atoms with van der Waals surface area (Å²) >= 11 is 0. The highest BCUT2D eigenvalue weighted by atomic mass is 16.5. The van der Waals surface area contributed by atoms with Gasteiger partial charge in [-0.3, -0.25) is 4.79 Å². The molecule has 0 radical (unpaired) electrons. The van der Waals surface area contributed by atoms with Gasteiger partial charge in [0.15, 0.2) is 0 Å². The number of carbonyl (C=O) groups is 2. The summed E-state index contributed by atoms with van der Waals surface area (Å²) in [6, 6.07) is -0.125. The second-order valence-electron chi connectivity index (χ2n) is 5.61. The van der Waals surface area contributed by atoms with Crippen LogP contribution < -0.4 is 10.6 Å². The molecule has 0 bridgehead atoms. The maximum atomic E-state index is 11.8. The first kappa shape index (κ1) is 16.8. The Hall–Kier alpha value is -1.30. The van der Waals surface area contributed by atoms with Gasteiger partial charge in [-0.2, -0.15) is 0 Å². The molecule has 2 amide bonds. The molecule has 0 aromatic carbocycles. The molecule has 0 spiro atoms. The van der Waals surface area contributed by atoms with Crippen molar-refractivity contribution in [3.8, 4) is 0 Å². The van der Waals surface area contributed by atoms with Crippen LogP contribution in [-0.4, -0.2) is 42.4 Å². The van der Waals surface area contributed by atoms with Gasteiger partial charge < -0.3 is 20.5 Å². The van der Waals surface area contributed by atoms with E-state index in [1.54, 1.807) is 0 Å². The van der Waals surface area contributed by atoms with Crippen LogP contribution in [0.1, 0.15) is 51.9 Å². The Kier molecular flexibility index (Phi) is 7.36. The predicted molar refractivity (Wildman–Crippen MR) is 75.7 cm³/mol. The number of hydrogen-bond donors (Lipinski definition) is 3. The monoisotopic (exact) mass is 286 g/mol. The predicted octanol–water partition coefficient (Wildman–Crippen LogP) is 1.89. The summed E-state index contributed by atoms with van der Waals surface area (Å²) in [7, 11) is 0. The van der Waals surface area contributed by atoms with Crippen LogP contribution in [0.3, 0.4) is 0 Å². The number of aliphatic carboxylic acids is 1. The fourth-order valence-corrected chi connectivity index (χ4v) is 2.22. The number of ether oxygens (including phenoxy) is 1. The number of urea groups is 1. The topological polar surface area (TPSA) is 87.7 Å². The highest BCUT2D eigenvalue weighted by Crippen LogP contribution is 2.19. The molecule has 1 heterocycles. The van der Waals surface area contributed by atoms with Crippen molar-refractivity contribution in [1.29, 1.82) is 0 Å². The Morgan fingerprint density at radius 1 is 1.15 bits per heavy atom. The Balaban J connectivity index is 2.01. The Bertz CT molecular complexity index is 314. The average Bonchev–Trinajstić information content (AvgIpc) is 2.37. The van der Waals surface area contributed by atoms with Crippen LogP contribution in [-0.2, 0) is 9.53 Å². The van der Waals surface area contributed by atoms with Crippen molar-refractivity contribution in [2.45, 2.75) is 57.4 Å². The van der Waals surface area contributed by atoms with E-state index < -0.39 is 5.97 Å². The second kappa shape index (κ2) is 8.79. The molecule has 6 nitrogen and oxygen atoms in total. The molecule has 6 heteroatoms. The molecule has 1 saturated heterocycles. The normalized spacial score (nSPS) is 17.4. The first-order valence-corrected chi connectivity index (χ1v) is 7.37. The number of hydrogen-bond acceptors (Lipinski definition) is 3. The Morgan fingerprint density at radius 2 is 1.80 bits per heavy atom. The summed E-state index contributed by atoms with van der Waals surface area (Å²) in [5.41, 5.74) is -0.163. The molecule has 0 unspecified atom stereocenters. The highest BCUT2D eigenvalue weighted by Gasteiger charge is 2.28. The number of rotatable bonds is 8. The van der Waals surface area contributed by atoms with Crippen molar-refractivity contribution < 1.29 is 19.4 Å². The Morgan fingerprint density at radius 3 is 2.45 bits per heavy atom. The van der Waals surface area contributed by atoms with Crippen molar-refractivity contribution in [1.82, 2.24) is 10.6 Å². The maximum absolute atomic E-state index is 11.8. The molecule has 1 rings (SSSR count). The van der Waals surface area contributed by atoms with Crippen LogP contribution in [0.5, 0.6) is 0 Å². The zero-order valence-corrected chi connectivity index (χ0v) is 12.2. The zero-order valence-electron chi connectivity index (χ0n) is 12.2. The van der Waals surface area contributed by atoms with E-state index in [1.807, 2.05) is 6.92 Å². The van der Waals surface area contributed by atoms with Gasteiger partial charge in [0, 0.05) is 31.7 Å². The number of nitrogens with one attached hydrogen (secondary N) is 2. The van der Waals surface area contributed by atoms with E-state index in [9.17, 15) is 9.59 Å². The van der Waals surface area contributed by atoms with Crippen molar-refractivity contribution in [2.75, 3.05) is 19.8 Å². The fraction of sp³-hybridized carbons (Fsp3) is 0.857. The molecule has 1 fully saturated rings. The van der Waals surface area contributed by atoms with E-state index in [1.165, 1.54) is 0 Å². The van der Waals surface area contributed by atoms with Crippen LogP contribution in [0.25, 0.3) is 0 Å². The molecule has 116 valence electrons. The van der Waals surface area contributed by atoms with Crippen molar-refractivity contribution in [3.63, 3.8) is 0 Å². The summed E-state index contributed by atoms with van der Waals surface area (Å²) in [6.45, 7) is 4.06. The Labute approximate surface area is 120 Å². The number of carbonyl (C=O) groups excluding carboxylic acids is 1. The molecule has 20 heavy (non-hydrogen) atoms. The van der Waals surface area contributed by atoms with Crippen LogP contribution in [0.4, 0.5) is 4.79 Å². The molecule has 0 aromatic rings. The lowest BCUT2D eigenvalue weighted by molar-refractivity contribution is -0.137. The lowest BCUT2D eigenvalue weighted by Gasteiger charge is -2.34. The third kappa shape index (κ3) is 7.33. The van der Waals surface area contributed by atoms with Gasteiger partial charge in [-0.15, -0.1) is 0 Å². The van der Waals surface area contributed by atoms with Crippen molar-refractivity contribution >= 4 is 12.0 Å². The SMILES string of the molecule is CC1(NC(=O)NCCCCCCC(=O)O)CCOCC1. The van der Waals surface area contributed by atoms with Gasteiger partial charge in [-0.05, 0) is 32.6 Å². The number of carboxylic acid groups (broad SMARTS) is 1. The van der Waals surface area contributed by atoms with Gasteiger partial charge in [-0.25, -0.2) is 4.79 Å². The van der Waals surface area contributed by atoms with Crippen LogP contribution in [0, 0.1) is 0 Å². The molecule has 0 saturated carbocycles. The van der Waals surface area contributed by atoms with Crippen molar-refractivity contribution in [3.05, 3.63) is 0 Å². The lowest BCUT2D eigenvalue weighted by atomic mass is 9.93. The first-order valence-electron chi connectivity index (χ1n) is 7.37. The van der Waals surface area contributed by atoms with Gasteiger partial charge in [0.25, 0.3) is 0 Å². The first-order chi connectivity index (χ1) is 9.52. The summed E-state index contributed by atoms with van der Waals surface area (Å²) in [4.78, 5) is 22.1. The lowest BCUT2D eigenvalue weighted by Crippen LogP contribution is -2.53. The summed E-state index contributed by atoms with van der Waals surface area (Å²) in [5, 5.41) is 14.3. The molecule has 0 aliphatic carbocycles. The molecule has 1 aliphatic heterocycles. The summed E-state index contributed by atoms with van der Waals surface area (Å²) in [5.74, 6) is -0.743. The smallest absolute Gasteiger partial charge is 0.315 e. The minimum Gasteiger partial charge on any atom is -0.481 e. The highest BCUT2D eigenvalue weighted by molar-refractivity contribution is 5.74. The molecule has 3 N–H and O–H groups in total. The van der Waals surface area contributed by atoms with E-state index >= 15 is 0 Å². The molecule has 0 aromatic heterocycles.